The van der Waals surface area contributed by atoms with Crippen LogP contribution in [0.3, 0.4) is 0 Å². The Labute approximate surface area is 148 Å². The molecule has 6 heteroatoms. The van der Waals surface area contributed by atoms with Gasteiger partial charge in [-0.25, -0.2) is 8.78 Å². The molecule has 0 unspecified atom stereocenters. The van der Waals surface area contributed by atoms with Crippen molar-refractivity contribution >= 4 is 16.8 Å². The summed E-state index contributed by atoms with van der Waals surface area (Å²) in [6.45, 7) is 4.13. The van der Waals surface area contributed by atoms with E-state index in [4.69, 9.17) is 0 Å². The van der Waals surface area contributed by atoms with Crippen LogP contribution in [0.2, 0.25) is 0 Å². The summed E-state index contributed by atoms with van der Waals surface area (Å²) in [7, 11) is 0. The van der Waals surface area contributed by atoms with Gasteiger partial charge >= 0.3 is 0 Å². The average Bonchev–Trinajstić information content (AvgIpc) is 2.58. The van der Waals surface area contributed by atoms with Crippen LogP contribution in [0.4, 0.5) is 8.78 Å². The Kier molecular flexibility index (Phi) is 4.84. The third-order valence-electron chi connectivity index (χ3n) is 4.23. The number of carbonyl (C=O) groups is 1. The molecule has 0 aliphatic heterocycles. The number of halogens is 2. The minimum absolute atomic E-state index is 0.0302. The first kappa shape index (κ1) is 17.8. The third-order valence-corrected chi connectivity index (χ3v) is 4.23. The van der Waals surface area contributed by atoms with Crippen LogP contribution in [-0.2, 0) is 6.42 Å². The van der Waals surface area contributed by atoms with Crippen molar-refractivity contribution in [3.8, 4) is 0 Å². The zero-order chi connectivity index (χ0) is 18.8. The van der Waals surface area contributed by atoms with Crippen molar-refractivity contribution < 1.29 is 13.6 Å². The fourth-order valence-corrected chi connectivity index (χ4v) is 2.97. The largest absolute Gasteiger partial charge is 0.352 e. The molecule has 0 bridgehead atoms. The standard InChI is InChI=1S/C20H18F2N2O2/c1-11-7-12(2)18-15(8-11)9-14(20(26)24-18)5-6-23-19(25)13-3-4-16(21)17(22)10-13/h3-4,7-10H,5-6H2,1-2H3,(H,23,25)(H,24,26). The summed E-state index contributed by atoms with van der Waals surface area (Å²) in [5.74, 6) is -2.60. The minimum atomic E-state index is -1.07. The lowest BCUT2D eigenvalue weighted by Crippen LogP contribution is -2.27. The predicted octanol–water partition coefficient (Wildman–Crippen LogP) is 3.40. The van der Waals surface area contributed by atoms with Crippen LogP contribution < -0.4 is 10.9 Å². The van der Waals surface area contributed by atoms with E-state index in [-0.39, 0.29) is 17.7 Å². The summed E-state index contributed by atoms with van der Waals surface area (Å²) in [5, 5.41) is 3.55. The molecule has 0 saturated carbocycles. The normalized spacial score (nSPS) is 10.9. The predicted molar refractivity (Wildman–Crippen MR) is 96.4 cm³/mol. The van der Waals surface area contributed by atoms with E-state index in [0.29, 0.717) is 12.0 Å². The molecule has 26 heavy (non-hydrogen) atoms. The molecular formula is C20H18F2N2O2. The summed E-state index contributed by atoms with van der Waals surface area (Å²) in [4.78, 5) is 27.1. The van der Waals surface area contributed by atoms with Gasteiger partial charge < -0.3 is 10.3 Å². The topological polar surface area (TPSA) is 62.0 Å². The molecule has 1 amide bonds. The van der Waals surface area contributed by atoms with Crippen molar-refractivity contribution in [2.24, 2.45) is 0 Å². The molecule has 3 rings (SSSR count). The molecule has 0 saturated heterocycles. The van der Waals surface area contributed by atoms with Crippen LogP contribution in [0, 0.1) is 25.5 Å². The zero-order valence-electron chi connectivity index (χ0n) is 14.5. The number of aromatic nitrogens is 1. The monoisotopic (exact) mass is 356 g/mol. The number of pyridine rings is 1. The number of nitrogens with one attached hydrogen (secondary N) is 2. The molecule has 0 spiro atoms. The van der Waals surface area contributed by atoms with Gasteiger partial charge in [0.05, 0.1) is 5.52 Å². The van der Waals surface area contributed by atoms with Gasteiger partial charge in [-0.15, -0.1) is 0 Å². The van der Waals surface area contributed by atoms with Crippen molar-refractivity contribution in [1.29, 1.82) is 0 Å². The number of benzene rings is 2. The number of amides is 1. The Hall–Kier alpha value is -3.02. The molecule has 134 valence electrons. The van der Waals surface area contributed by atoms with Gasteiger partial charge in [0.1, 0.15) is 0 Å². The summed E-state index contributed by atoms with van der Waals surface area (Å²) < 4.78 is 26.1. The van der Waals surface area contributed by atoms with Gasteiger partial charge in [0.2, 0.25) is 0 Å². The molecule has 2 N–H and O–H groups in total. The van der Waals surface area contributed by atoms with Gasteiger partial charge in [-0.3, -0.25) is 9.59 Å². The maximum absolute atomic E-state index is 13.2. The van der Waals surface area contributed by atoms with Gasteiger partial charge in [0.25, 0.3) is 11.5 Å². The van der Waals surface area contributed by atoms with Gasteiger partial charge in [-0.1, -0.05) is 11.6 Å². The Morgan fingerprint density at radius 3 is 2.58 bits per heavy atom. The number of aromatic amines is 1. The number of H-pyrrole nitrogens is 1. The van der Waals surface area contributed by atoms with E-state index in [9.17, 15) is 18.4 Å². The lowest BCUT2D eigenvalue weighted by atomic mass is 10.0. The van der Waals surface area contributed by atoms with Crippen LogP contribution in [-0.4, -0.2) is 17.4 Å². The zero-order valence-corrected chi connectivity index (χ0v) is 14.5. The quantitative estimate of drug-likeness (QED) is 0.753. The van der Waals surface area contributed by atoms with Gasteiger partial charge in [0.15, 0.2) is 11.6 Å². The third kappa shape index (κ3) is 3.64. The molecule has 0 aliphatic carbocycles. The fraction of sp³-hybridized carbons (Fsp3) is 0.200. The van der Waals surface area contributed by atoms with Crippen molar-refractivity contribution in [2.45, 2.75) is 20.3 Å². The van der Waals surface area contributed by atoms with Crippen LogP contribution in [0.15, 0.2) is 41.2 Å². The minimum Gasteiger partial charge on any atom is -0.352 e. The van der Waals surface area contributed by atoms with Gasteiger partial charge in [-0.05, 0) is 61.5 Å². The maximum Gasteiger partial charge on any atom is 0.251 e. The highest BCUT2D eigenvalue weighted by atomic mass is 19.2. The second kappa shape index (κ2) is 7.07. The van der Waals surface area contributed by atoms with Crippen molar-refractivity contribution in [3.05, 3.63) is 80.6 Å². The highest BCUT2D eigenvalue weighted by Gasteiger charge is 2.10. The number of hydrogen-bond acceptors (Lipinski definition) is 2. The maximum atomic E-state index is 13.2. The van der Waals surface area contributed by atoms with Crippen LogP contribution in [0.5, 0.6) is 0 Å². The smallest absolute Gasteiger partial charge is 0.251 e. The average molecular weight is 356 g/mol. The first-order valence-corrected chi connectivity index (χ1v) is 8.21. The van der Waals surface area contributed by atoms with E-state index >= 15 is 0 Å². The van der Waals surface area contributed by atoms with Gasteiger partial charge in [0, 0.05) is 17.7 Å². The van der Waals surface area contributed by atoms with Crippen LogP contribution in [0.25, 0.3) is 10.9 Å². The van der Waals surface area contributed by atoms with Crippen molar-refractivity contribution in [2.75, 3.05) is 6.54 Å². The first-order valence-electron chi connectivity index (χ1n) is 8.21. The number of rotatable bonds is 4. The summed E-state index contributed by atoms with van der Waals surface area (Å²) >= 11 is 0. The molecule has 0 atom stereocenters. The Balaban J connectivity index is 1.73. The van der Waals surface area contributed by atoms with Crippen molar-refractivity contribution in [3.63, 3.8) is 0 Å². The van der Waals surface area contributed by atoms with E-state index < -0.39 is 17.5 Å². The number of fused-ring (bicyclic) bond motifs is 1. The SMILES string of the molecule is Cc1cc(C)c2[nH]c(=O)c(CCNC(=O)c3ccc(F)c(F)c3)cc2c1. The van der Waals surface area contributed by atoms with E-state index in [0.717, 1.165) is 34.2 Å². The molecule has 1 heterocycles. The number of aryl methyl sites for hydroxylation is 2. The van der Waals surface area contributed by atoms with E-state index in [1.807, 2.05) is 32.0 Å². The molecule has 0 radical (unpaired) electrons. The second-order valence-corrected chi connectivity index (χ2v) is 6.30. The van der Waals surface area contributed by atoms with Crippen LogP contribution in [0.1, 0.15) is 27.0 Å². The Morgan fingerprint density at radius 1 is 1.08 bits per heavy atom. The molecule has 2 aromatic carbocycles. The molecule has 3 aromatic rings. The van der Waals surface area contributed by atoms with Crippen molar-refractivity contribution in [1.82, 2.24) is 10.3 Å². The number of carbonyl (C=O) groups excluding carboxylic acids is 1. The molecule has 1 aromatic heterocycles. The van der Waals surface area contributed by atoms with E-state index in [2.05, 4.69) is 10.3 Å². The fourth-order valence-electron chi connectivity index (χ4n) is 2.97. The van der Waals surface area contributed by atoms with E-state index in [1.165, 1.54) is 6.07 Å². The molecule has 4 nitrogen and oxygen atoms in total. The summed E-state index contributed by atoms with van der Waals surface area (Å²) in [6.07, 6.45) is 0.327. The molecule has 0 fully saturated rings. The second-order valence-electron chi connectivity index (χ2n) is 6.30. The van der Waals surface area contributed by atoms with Gasteiger partial charge in [-0.2, -0.15) is 0 Å². The van der Waals surface area contributed by atoms with Crippen LogP contribution >= 0.6 is 0 Å². The Bertz CT molecular complexity index is 1060. The number of hydrogen-bond donors (Lipinski definition) is 2. The molecule has 0 aliphatic rings. The lowest BCUT2D eigenvalue weighted by molar-refractivity contribution is 0.0953. The lowest BCUT2D eigenvalue weighted by Gasteiger charge is -2.08. The Morgan fingerprint density at radius 2 is 1.85 bits per heavy atom. The highest BCUT2D eigenvalue weighted by molar-refractivity contribution is 5.94. The summed E-state index contributed by atoms with van der Waals surface area (Å²) in [6, 6.07) is 8.77. The molecular weight excluding hydrogens is 338 g/mol. The highest BCUT2D eigenvalue weighted by Crippen LogP contribution is 2.18. The first-order chi connectivity index (χ1) is 12.3. The summed E-state index contributed by atoms with van der Waals surface area (Å²) in [5.41, 5.74) is 3.27. The van der Waals surface area contributed by atoms with E-state index in [1.54, 1.807) is 0 Å².